The Kier molecular flexibility index (Phi) is 8.94. The molecule has 0 aromatic heterocycles. The Morgan fingerprint density at radius 3 is 1.88 bits per heavy atom. The van der Waals surface area contributed by atoms with E-state index < -0.39 is 0 Å². The zero-order valence-corrected chi connectivity index (χ0v) is 21.2. The Morgan fingerprint density at radius 1 is 0.844 bits per heavy atom. The lowest BCUT2D eigenvalue weighted by Gasteiger charge is -2.27. The summed E-state index contributed by atoms with van der Waals surface area (Å²) in [4.78, 5) is 4.53. The van der Waals surface area contributed by atoms with Crippen LogP contribution in [0, 0.1) is 0 Å². The van der Waals surface area contributed by atoms with Gasteiger partial charge in [0, 0.05) is 42.0 Å². The van der Waals surface area contributed by atoms with Gasteiger partial charge >= 0.3 is 0 Å². The number of methoxy groups -OCH3 is 1. The van der Waals surface area contributed by atoms with E-state index in [-0.39, 0.29) is 0 Å². The molecule has 0 aliphatic heterocycles. The van der Waals surface area contributed by atoms with Gasteiger partial charge in [0.1, 0.15) is 5.75 Å². The highest BCUT2D eigenvalue weighted by Gasteiger charge is 2.13. The molecule has 0 spiro atoms. The molecule has 1 N–H and O–H groups in total. The molecule has 0 heterocycles. The third-order valence-electron chi connectivity index (χ3n) is 5.35. The van der Waals surface area contributed by atoms with Crippen LogP contribution in [0.1, 0.15) is 25.0 Å². The smallest absolute Gasteiger partial charge is 0.174 e. The summed E-state index contributed by atoms with van der Waals surface area (Å²) < 4.78 is 6.33. The molecule has 0 bridgehead atoms. The summed E-state index contributed by atoms with van der Waals surface area (Å²) in [6, 6.07) is 24.9. The van der Waals surface area contributed by atoms with E-state index in [1.54, 1.807) is 7.11 Å². The van der Waals surface area contributed by atoms with E-state index in [2.05, 4.69) is 81.3 Å². The molecule has 0 unspecified atom stereocenters. The lowest BCUT2D eigenvalue weighted by molar-refractivity contribution is 0.407. The number of nitrogens with one attached hydrogen (secondary N) is 1. The van der Waals surface area contributed by atoms with Crippen LogP contribution in [-0.4, -0.2) is 30.2 Å². The maximum Gasteiger partial charge on any atom is 0.174 e. The van der Waals surface area contributed by atoms with Crippen molar-refractivity contribution in [1.82, 2.24) is 4.90 Å². The molecule has 0 aliphatic carbocycles. The largest absolute Gasteiger partial charge is 0.497 e. The monoisotopic (exact) mass is 511 g/mol. The van der Waals surface area contributed by atoms with Gasteiger partial charge in [-0.15, -0.1) is 0 Å². The van der Waals surface area contributed by atoms with Crippen LogP contribution in [0.5, 0.6) is 5.75 Å². The highest BCUT2D eigenvalue weighted by Crippen LogP contribution is 2.20. The van der Waals surface area contributed by atoms with E-state index >= 15 is 0 Å². The Morgan fingerprint density at radius 2 is 1.38 bits per heavy atom. The summed E-state index contributed by atoms with van der Waals surface area (Å²) in [6.45, 7) is 7.78. The number of hydrogen-bond acceptors (Lipinski definition) is 3. The number of nitrogens with zero attached hydrogens (tertiary/aromatic N) is 2. The van der Waals surface area contributed by atoms with E-state index in [9.17, 15) is 0 Å². The van der Waals surface area contributed by atoms with Crippen molar-refractivity contribution >= 4 is 44.6 Å². The number of ether oxygens (including phenoxy) is 1. The lowest BCUT2D eigenvalue weighted by atomic mass is 10.1. The lowest BCUT2D eigenvalue weighted by Crippen LogP contribution is -2.33. The molecule has 0 amide bonds. The minimum absolute atomic E-state index is 0.691. The normalized spacial score (nSPS) is 10.5. The molecule has 0 saturated heterocycles. The zero-order chi connectivity index (χ0) is 22.9. The predicted molar refractivity (Wildman–Crippen MR) is 143 cm³/mol. The Hall–Kier alpha value is -2.57. The van der Waals surface area contributed by atoms with Crippen LogP contribution in [0.4, 0.5) is 11.4 Å². The molecule has 168 valence electrons. The first kappa shape index (κ1) is 24.1. The molecule has 3 aromatic carbocycles. The van der Waals surface area contributed by atoms with E-state index in [0.717, 1.165) is 29.0 Å². The topological polar surface area (TPSA) is 27.7 Å². The van der Waals surface area contributed by atoms with Crippen molar-refractivity contribution in [2.45, 2.75) is 26.9 Å². The van der Waals surface area contributed by atoms with Crippen LogP contribution in [0.3, 0.4) is 0 Å². The van der Waals surface area contributed by atoms with Gasteiger partial charge in [0.25, 0.3) is 0 Å². The van der Waals surface area contributed by atoms with Crippen molar-refractivity contribution in [2.75, 3.05) is 30.4 Å². The summed E-state index contributed by atoms with van der Waals surface area (Å²) >= 11 is 9.29. The predicted octanol–water partition coefficient (Wildman–Crippen LogP) is 6.70. The second kappa shape index (κ2) is 11.9. The molecular formula is C26H30BrN3OS. The molecule has 0 radical (unpaired) electrons. The minimum atomic E-state index is 0.691. The molecule has 0 atom stereocenters. The van der Waals surface area contributed by atoms with Gasteiger partial charge in [0.05, 0.1) is 7.11 Å². The van der Waals surface area contributed by atoms with Crippen molar-refractivity contribution in [1.29, 1.82) is 0 Å². The number of hydrogen-bond donors (Lipinski definition) is 1. The average Bonchev–Trinajstić information content (AvgIpc) is 2.82. The molecule has 3 aromatic rings. The molecule has 6 heteroatoms. The highest BCUT2D eigenvalue weighted by molar-refractivity contribution is 9.10. The van der Waals surface area contributed by atoms with Gasteiger partial charge < -0.3 is 19.9 Å². The first-order valence-electron chi connectivity index (χ1n) is 10.8. The number of halogens is 1. The van der Waals surface area contributed by atoms with Crippen molar-refractivity contribution in [3.05, 3.63) is 88.4 Å². The minimum Gasteiger partial charge on any atom is -0.497 e. The van der Waals surface area contributed by atoms with Gasteiger partial charge in [-0.3, -0.25) is 0 Å². The summed E-state index contributed by atoms with van der Waals surface area (Å²) in [5.41, 5.74) is 4.60. The third kappa shape index (κ3) is 6.71. The van der Waals surface area contributed by atoms with E-state index in [0.29, 0.717) is 18.2 Å². The number of benzene rings is 3. The Labute approximate surface area is 205 Å². The summed E-state index contributed by atoms with van der Waals surface area (Å²) in [6.07, 6.45) is 0. The summed E-state index contributed by atoms with van der Waals surface area (Å²) in [5.74, 6) is 0.850. The summed E-state index contributed by atoms with van der Waals surface area (Å²) in [5, 5.41) is 4.07. The van der Waals surface area contributed by atoms with Gasteiger partial charge in [-0.05, 0) is 85.7 Å². The Balaban J connectivity index is 1.78. The van der Waals surface area contributed by atoms with E-state index in [1.807, 2.05) is 36.4 Å². The van der Waals surface area contributed by atoms with E-state index in [1.165, 1.54) is 16.8 Å². The van der Waals surface area contributed by atoms with Crippen LogP contribution < -0.4 is 15.0 Å². The fourth-order valence-electron chi connectivity index (χ4n) is 3.51. The SMILES string of the molecule is CCN(CC)c1ccc(CN(Cc2ccc(OC)cc2)C(=S)Nc2ccc(Br)cc2)cc1. The Bertz CT molecular complexity index is 987. The first-order valence-corrected chi connectivity index (χ1v) is 12.0. The standard InChI is InChI=1S/C26H30BrN3OS/c1-4-29(5-2)24-14-6-20(7-15-24)18-30(19-21-8-16-25(31-3)17-9-21)26(32)28-23-12-10-22(27)11-13-23/h6-17H,4-5,18-19H2,1-3H3,(H,28,32). The zero-order valence-electron chi connectivity index (χ0n) is 18.8. The summed E-state index contributed by atoms with van der Waals surface area (Å²) in [7, 11) is 1.68. The van der Waals surface area contributed by atoms with Gasteiger partial charge in [0.15, 0.2) is 5.11 Å². The highest BCUT2D eigenvalue weighted by atomic mass is 79.9. The average molecular weight is 513 g/mol. The van der Waals surface area contributed by atoms with Crippen molar-refractivity contribution < 1.29 is 4.74 Å². The second-order valence-electron chi connectivity index (χ2n) is 7.48. The van der Waals surface area contributed by atoms with E-state index in [4.69, 9.17) is 17.0 Å². The molecule has 0 saturated carbocycles. The second-order valence-corrected chi connectivity index (χ2v) is 8.78. The molecule has 0 aliphatic rings. The maximum atomic E-state index is 5.81. The van der Waals surface area contributed by atoms with Crippen LogP contribution in [0.2, 0.25) is 0 Å². The fourth-order valence-corrected chi connectivity index (χ4v) is 4.02. The van der Waals surface area contributed by atoms with Gasteiger partial charge in [-0.2, -0.15) is 0 Å². The molecular weight excluding hydrogens is 482 g/mol. The van der Waals surface area contributed by atoms with Gasteiger partial charge in [-0.1, -0.05) is 40.2 Å². The van der Waals surface area contributed by atoms with Crippen LogP contribution in [0.25, 0.3) is 0 Å². The number of anilines is 2. The fraction of sp³-hybridized carbons (Fsp3) is 0.269. The third-order valence-corrected chi connectivity index (χ3v) is 6.24. The van der Waals surface area contributed by atoms with Crippen LogP contribution in [0.15, 0.2) is 77.3 Å². The quantitative estimate of drug-likeness (QED) is 0.322. The first-order chi connectivity index (χ1) is 15.5. The van der Waals surface area contributed by atoms with Crippen LogP contribution in [-0.2, 0) is 13.1 Å². The number of rotatable bonds is 9. The van der Waals surface area contributed by atoms with Crippen molar-refractivity contribution in [3.8, 4) is 5.75 Å². The van der Waals surface area contributed by atoms with Crippen molar-refractivity contribution in [3.63, 3.8) is 0 Å². The molecule has 4 nitrogen and oxygen atoms in total. The molecule has 0 fully saturated rings. The molecule has 3 rings (SSSR count). The number of thiocarbonyl (C=S) groups is 1. The maximum absolute atomic E-state index is 5.81. The van der Waals surface area contributed by atoms with Crippen molar-refractivity contribution in [2.24, 2.45) is 0 Å². The van der Waals surface area contributed by atoms with Gasteiger partial charge in [-0.25, -0.2) is 0 Å². The van der Waals surface area contributed by atoms with Gasteiger partial charge in [0.2, 0.25) is 0 Å². The molecule has 32 heavy (non-hydrogen) atoms. The van der Waals surface area contributed by atoms with Crippen LogP contribution >= 0.6 is 28.1 Å².